The predicted octanol–water partition coefficient (Wildman–Crippen LogP) is 3.70. The molecule has 7 atom stereocenters. The van der Waals surface area contributed by atoms with Gasteiger partial charge in [0, 0.05) is 18.8 Å². The molecule has 0 bridgehead atoms. The molecule has 0 aromatic carbocycles. The van der Waals surface area contributed by atoms with E-state index in [4.69, 9.17) is 9.47 Å². The van der Waals surface area contributed by atoms with Crippen LogP contribution in [0.4, 0.5) is 0 Å². The highest BCUT2D eigenvalue weighted by Crippen LogP contribution is 2.46. The van der Waals surface area contributed by atoms with Crippen LogP contribution >= 0.6 is 0 Å². The molecule has 6 heteroatoms. The Bertz CT molecular complexity index is 751. The molecular formula is C25H38O6. The first kappa shape index (κ1) is 24.0. The van der Waals surface area contributed by atoms with Gasteiger partial charge in [-0.25, -0.2) is 0 Å². The first-order valence-electron chi connectivity index (χ1n) is 11.7. The minimum absolute atomic E-state index is 0.00271. The second-order valence-corrected chi connectivity index (χ2v) is 10.4. The largest absolute Gasteiger partial charge is 0.462 e. The number of hydrogen-bond donors (Lipinski definition) is 2. The number of aliphatic hydroxyl groups excluding tert-OH is 2. The molecule has 1 fully saturated rings. The number of fused-ring (bicyclic) bond motifs is 1. The monoisotopic (exact) mass is 434 g/mol. The Labute approximate surface area is 185 Å². The Kier molecular flexibility index (Phi) is 7.32. The number of aliphatic hydroxyl groups is 2. The van der Waals surface area contributed by atoms with Gasteiger partial charge in [-0.15, -0.1) is 0 Å². The number of carbonyl (C=O) groups is 2. The van der Waals surface area contributed by atoms with Crippen LogP contribution in [-0.4, -0.2) is 46.6 Å². The zero-order chi connectivity index (χ0) is 22.9. The number of cyclic esters (lactones) is 1. The van der Waals surface area contributed by atoms with Crippen molar-refractivity contribution < 1.29 is 29.3 Å². The summed E-state index contributed by atoms with van der Waals surface area (Å²) in [6, 6.07) is 0. The second kappa shape index (κ2) is 9.45. The highest BCUT2D eigenvalue weighted by molar-refractivity contribution is 5.76. The highest BCUT2D eigenvalue weighted by atomic mass is 16.6. The van der Waals surface area contributed by atoms with Crippen LogP contribution in [0, 0.1) is 23.2 Å². The predicted molar refractivity (Wildman–Crippen MR) is 117 cm³/mol. The van der Waals surface area contributed by atoms with Crippen molar-refractivity contribution in [2.45, 2.75) is 97.6 Å². The molecule has 31 heavy (non-hydrogen) atoms. The lowest BCUT2D eigenvalue weighted by atomic mass is 9.64. The lowest BCUT2D eigenvalue weighted by Crippen LogP contribution is -2.45. The lowest BCUT2D eigenvalue weighted by molar-refractivity contribution is -0.165. The van der Waals surface area contributed by atoms with Crippen molar-refractivity contribution in [3.05, 3.63) is 23.3 Å². The van der Waals surface area contributed by atoms with E-state index < -0.39 is 17.6 Å². The molecule has 3 aliphatic rings. The molecule has 0 aromatic heterocycles. The third-order valence-electron chi connectivity index (χ3n) is 7.51. The molecule has 6 nitrogen and oxygen atoms in total. The Morgan fingerprint density at radius 1 is 1.26 bits per heavy atom. The lowest BCUT2D eigenvalue weighted by Gasteiger charge is -2.45. The van der Waals surface area contributed by atoms with Gasteiger partial charge in [-0.2, -0.15) is 0 Å². The molecule has 0 saturated carbocycles. The molecular weight excluding hydrogens is 396 g/mol. The van der Waals surface area contributed by atoms with Gasteiger partial charge in [0.1, 0.15) is 12.2 Å². The van der Waals surface area contributed by atoms with E-state index in [1.165, 1.54) is 0 Å². The van der Waals surface area contributed by atoms with Crippen LogP contribution in [0.25, 0.3) is 0 Å². The van der Waals surface area contributed by atoms with Gasteiger partial charge in [0.15, 0.2) is 0 Å². The van der Waals surface area contributed by atoms with Gasteiger partial charge in [-0.05, 0) is 57.4 Å². The summed E-state index contributed by atoms with van der Waals surface area (Å²) < 4.78 is 11.5. The maximum atomic E-state index is 12.9. The molecule has 2 aliphatic carbocycles. The first-order valence-corrected chi connectivity index (χ1v) is 11.7. The topological polar surface area (TPSA) is 93.1 Å². The number of carbonyl (C=O) groups excluding carboxylic acids is 2. The zero-order valence-corrected chi connectivity index (χ0v) is 19.5. The van der Waals surface area contributed by atoms with E-state index in [2.05, 4.69) is 6.08 Å². The summed E-state index contributed by atoms with van der Waals surface area (Å²) in [4.78, 5) is 24.6. The van der Waals surface area contributed by atoms with Gasteiger partial charge < -0.3 is 19.7 Å². The Balaban J connectivity index is 1.81. The second-order valence-electron chi connectivity index (χ2n) is 10.4. The quantitative estimate of drug-likeness (QED) is 0.619. The normalized spacial score (nSPS) is 36.1. The van der Waals surface area contributed by atoms with Crippen LogP contribution in [0.5, 0.6) is 0 Å². The molecule has 2 N–H and O–H groups in total. The van der Waals surface area contributed by atoms with Gasteiger partial charge in [0.05, 0.1) is 24.0 Å². The SMILES string of the molecule is CCC(C)(C)C(=O)O[C@H]1CC(C)=CC2=CC(O)[C@H](C)[C@H](CC[C@@H]3C[C@@H](O)CC(=O)O3)C21. The van der Waals surface area contributed by atoms with E-state index >= 15 is 0 Å². The smallest absolute Gasteiger partial charge is 0.311 e. The van der Waals surface area contributed by atoms with Crippen molar-refractivity contribution in [2.24, 2.45) is 23.2 Å². The van der Waals surface area contributed by atoms with Crippen LogP contribution in [0.3, 0.4) is 0 Å². The Morgan fingerprint density at radius 2 is 1.97 bits per heavy atom. The summed E-state index contributed by atoms with van der Waals surface area (Å²) in [5, 5.41) is 20.6. The van der Waals surface area contributed by atoms with E-state index in [0.717, 1.165) is 17.6 Å². The fourth-order valence-electron chi connectivity index (χ4n) is 5.13. The van der Waals surface area contributed by atoms with Crippen LogP contribution in [0.2, 0.25) is 0 Å². The highest BCUT2D eigenvalue weighted by Gasteiger charge is 2.45. The van der Waals surface area contributed by atoms with E-state index in [-0.39, 0.29) is 48.3 Å². The summed E-state index contributed by atoms with van der Waals surface area (Å²) in [6.45, 7) is 9.87. The number of allylic oxidation sites excluding steroid dienone is 1. The standard InChI is InChI=1S/C25H38O6/c1-6-25(4,5)24(29)31-21-10-14(2)9-16-11-20(27)15(3)19(23(16)21)8-7-18-12-17(26)13-22(28)30-18/h9,11,15,17-21,23,26-27H,6-8,10,12-13H2,1-5H3/t15-,17-,18-,19+,20?,21+,23?/m1/s1. The summed E-state index contributed by atoms with van der Waals surface area (Å²) in [5.74, 6) is -0.463. The molecule has 0 aromatic rings. The average molecular weight is 435 g/mol. The van der Waals surface area contributed by atoms with E-state index in [9.17, 15) is 19.8 Å². The van der Waals surface area contributed by atoms with Crippen molar-refractivity contribution in [3.8, 4) is 0 Å². The van der Waals surface area contributed by atoms with Crippen molar-refractivity contribution in [3.63, 3.8) is 0 Å². The van der Waals surface area contributed by atoms with Gasteiger partial charge in [0.2, 0.25) is 0 Å². The Morgan fingerprint density at radius 3 is 2.61 bits per heavy atom. The maximum absolute atomic E-state index is 12.9. The molecule has 174 valence electrons. The first-order chi connectivity index (χ1) is 14.5. The van der Waals surface area contributed by atoms with Crippen molar-refractivity contribution >= 4 is 11.9 Å². The van der Waals surface area contributed by atoms with Crippen LogP contribution in [0.1, 0.15) is 73.1 Å². The number of hydrogen-bond acceptors (Lipinski definition) is 6. The van der Waals surface area contributed by atoms with Crippen LogP contribution in [-0.2, 0) is 19.1 Å². The van der Waals surface area contributed by atoms with Crippen molar-refractivity contribution in [1.29, 1.82) is 0 Å². The third kappa shape index (κ3) is 5.40. The average Bonchev–Trinajstić information content (AvgIpc) is 2.67. The van der Waals surface area contributed by atoms with Gasteiger partial charge >= 0.3 is 11.9 Å². The summed E-state index contributed by atoms with van der Waals surface area (Å²) in [5.41, 5.74) is 1.63. The number of esters is 2. The molecule has 1 saturated heterocycles. The maximum Gasteiger partial charge on any atom is 0.311 e. The summed E-state index contributed by atoms with van der Waals surface area (Å²) in [6.07, 6.45) is 5.47. The van der Waals surface area contributed by atoms with Crippen LogP contribution in [0.15, 0.2) is 23.3 Å². The molecule has 2 unspecified atom stereocenters. The third-order valence-corrected chi connectivity index (χ3v) is 7.51. The van der Waals surface area contributed by atoms with Gasteiger partial charge in [-0.3, -0.25) is 9.59 Å². The molecule has 1 aliphatic heterocycles. The summed E-state index contributed by atoms with van der Waals surface area (Å²) >= 11 is 0. The fourth-order valence-corrected chi connectivity index (χ4v) is 5.13. The van der Waals surface area contributed by atoms with Gasteiger partial charge in [0.25, 0.3) is 0 Å². The van der Waals surface area contributed by atoms with Crippen LogP contribution < -0.4 is 0 Å². The fraction of sp³-hybridized carbons (Fsp3) is 0.760. The number of ether oxygens (including phenoxy) is 2. The minimum atomic E-state index is -0.652. The molecule has 0 amide bonds. The zero-order valence-electron chi connectivity index (χ0n) is 19.5. The van der Waals surface area contributed by atoms with Gasteiger partial charge in [-0.1, -0.05) is 31.6 Å². The van der Waals surface area contributed by atoms with Crippen molar-refractivity contribution in [2.75, 3.05) is 0 Å². The van der Waals surface area contributed by atoms with E-state index in [1.54, 1.807) is 0 Å². The van der Waals surface area contributed by atoms with E-state index in [1.807, 2.05) is 40.7 Å². The molecule has 1 heterocycles. The minimum Gasteiger partial charge on any atom is -0.462 e. The summed E-state index contributed by atoms with van der Waals surface area (Å²) in [7, 11) is 0. The molecule has 3 rings (SSSR count). The molecule has 0 spiro atoms. The van der Waals surface area contributed by atoms with E-state index in [0.29, 0.717) is 25.7 Å². The molecule has 0 radical (unpaired) electrons. The van der Waals surface area contributed by atoms with Crippen molar-refractivity contribution in [1.82, 2.24) is 0 Å². The Hall–Kier alpha value is -1.66. The number of rotatable bonds is 6.